The number of aldehydes is 1. The van der Waals surface area contributed by atoms with Crippen LogP contribution in [0.3, 0.4) is 0 Å². The Bertz CT molecular complexity index is 350. The summed E-state index contributed by atoms with van der Waals surface area (Å²) in [6, 6.07) is 0. The van der Waals surface area contributed by atoms with Gasteiger partial charge in [-0.2, -0.15) is 0 Å². The van der Waals surface area contributed by atoms with Gasteiger partial charge in [-0.1, -0.05) is 19.4 Å². The lowest BCUT2D eigenvalue weighted by atomic mass is 9.72. The van der Waals surface area contributed by atoms with E-state index in [2.05, 4.69) is 13.8 Å². The van der Waals surface area contributed by atoms with Gasteiger partial charge in [0.05, 0.1) is 0 Å². The molecule has 0 aromatic carbocycles. The summed E-state index contributed by atoms with van der Waals surface area (Å²) in [5.41, 5.74) is 2.28. The van der Waals surface area contributed by atoms with Crippen molar-refractivity contribution in [2.75, 3.05) is 0 Å². The minimum absolute atomic E-state index is 0.0853. The summed E-state index contributed by atoms with van der Waals surface area (Å²) < 4.78 is 0. The van der Waals surface area contributed by atoms with Crippen molar-refractivity contribution in [3.05, 3.63) is 11.1 Å². The van der Waals surface area contributed by atoms with Gasteiger partial charge in [0.2, 0.25) is 0 Å². The normalized spacial score (nSPS) is 34.2. The van der Waals surface area contributed by atoms with E-state index in [0.29, 0.717) is 12.3 Å². The smallest absolute Gasteiger partial charge is 0.159 e. The van der Waals surface area contributed by atoms with Crippen molar-refractivity contribution in [1.82, 2.24) is 0 Å². The van der Waals surface area contributed by atoms with Gasteiger partial charge in [0, 0.05) is 12.3 Å². The minimum atomic E-state index is 0.0853. The molecular formula is C13H18O2. The van der Waals surface area contributed by atoms with Crippen LogP contribution in [-0.4, -0.2) is 12.1 Å². The van der Waals surface area contributed by atoms with E-state index in [0.717, 1.165) is 24.7 Å². The number of hydrogen-bond acceptors (Lipinski definition) is 2. The van der Waals surface area contributed by atoms with E-state index < -0.39 is 0 Å². The average molecular weight is 206 g/mol. The van der Waals surface area contributed by atoms with Gasteiger partial charge >= 0.3 is 0 Å². The van der Waals surface area contributed by atoms with E-state index in [1.54, 1.807) is 0 Å². The first-order valence-corrected chi connectivity index (χ1v) is 5.63. The van der Waals surface area contributed by atoms with Gasteiger partial charge in [0.1, 0.15) is 6.29 Å². The predicted molar refractivity (Wildman–Crippen MR) is 58.4 cm³/mol. The Balaban J connectivity index is 2.25. The van der Waals surface area contributed by atoms with Crippen LogP contribution in [0.4, 0.5) is 0 Å². The highest BCUT2D eigenvalue weighted by molar-refractivity contribution is 5.97. The number of Topliss-reactive ketones (excluding diaryl/α,β-unsaturated/α-hetero) is 1. The molecule has 1 fully saturated rings. The molecule has 2 aliphatic rings. The molecule has 0 aromatic rings. The molecule has 15 heavy (non-hydrogen) atoms. The van der Waals surface area contributed by atoms with Gasteiger partial charge < -0.3 is 4.79 Å². The largest absolute Gasteiger partial charge is 0.303 e. The minimum Gasteiger partial charge on any atom is -0.303 e. The van der Waals surface area contributed by atoms with Gasteiger partial charge in [-0.05, 0) is 36.7 Å². The summed E-state index contributed by atoms with van der Waals surface area (Å²) in [4.78, 5) is 22.5. The standard InChI is InChI=1S/C13H18O2/c1-8-11(10-4-9(10)7-14)5-13(2,3)6-12(8)15/h7,9-10H,4-6H2,1-3H3/t9-,10-/m1/s1. The molecule has 2 atom stereocenters. The zero-order chi connectivity index (χ0) is 11.2. The first-order valence-electron chi connectivity index (χ1n) is 5.63. The Labute approximate surface area is 90.7 Å². The zero-order valence-corrected chi connectivity index (χ0v) is 9.67. The van der Waals surface area contributed by atoms with E-state index in [1.165, 1.54) is 5.57 Å². The summed E-state index contributed by atoms with van der Waals surface area (Å²) in [6.07, 6.45) is 3.64. The molecule has 0 unspecified atom stereocenters. The molecular weight excluding hydrogens is 188 g/mol. The Morgan fingerprint density at radius 1 is 1.33 bits per heavy atom. The Morgan fingerprint density at radius 3 is 2.53 bits per heavy atom. The highest BCUT2D eigenvalue weighted by Gasteiger charge is 2.44. The third-order valence-electron chi connectivity index (χ3n) is 3.67. The fourth-order valence-electron chi connectivity index (χ4n) is 2.63. The molecule has 0 heterocycles. The molecule has 82 valence electrons. The lowest BCUT2D eigenvalue weighted by Crippen LogP contribution is -2.25. The van der Waals surface area contributed by atoms with Crippen molar-refractivity contribution in [3.63, 3.8) is 0 Å². The number of carbonyl (C=O) groups is 2. The van der Waals surface area contributed by atoms with Crippen LogP contribution < -0.4 is 0 Å². The highest BCUT2D eigenvalue weighted by Crippen LogP contribution is 2.50. The SMILES string of the molecule is CC1=C([C@@H]2C[C@@H]2C=O)CC(C)(C)CC1=O. The number of hydrogen-bond donors (Lipinski definition) is 0. The van der Waals surface area contributed by atoms with Gasteiger partial charge in [-0.15, -0.1) is 0 Å². The van der Waals surface area contributed by atoms with Crippen molar-refractivity contribution < 1.29 is 9.59 Å². The third kappa shape index (κ3) is 1.90. The summed E-state index contributed by atoms with van der Waals surface area (Å²) in [5, 5.41) is 0. The molecule has 0 amide bonds. The second-order valence-corrected chi connectivity index (χ2v) is 5.73. The number of allylic oxidation sites excluding steroid dienone is 2. The Morgan fingerprint density at radius 2 is 2.00 bits per heavy atom. The van der Waals surface area contributed by atoms with Crippen LogP contribution in [0.5, 0.6) is 0 Å². The maximum absolute atomic E-state index is 11.8. The van der Waals surface area contributed by atoms with Crippen LogP contribution >= 0.6 is 0 Å². The number of ketones is 1. The molecule has 0 saturated heterocycles. The highest BCUT2D eigenvalue weighted by atomic mass is 16.1. The lowest BCUT2D eigenvalue weighted by molar-refractivity contribution is -0.118. The summed E-state index contributed by atoms with van der Waals surface area (Å²) >= 11 is 0. The fourth-order valence-corrected chi connectivity index (χ4v) is 2.63. The van der Waals surface area contributed by atoms with Crippen molar-refractivity contribution in [2.24, 2.45) is 17.3 Å². The first kappa shape index (κ1) is 10.6. The van der Waals surface area contributed by atoms with Crippen molar-refractivity contribution in [1.29, 1.82) is 0 Å². The van der Waals surface area contributed by atoms with Crippen LogP contribution in [0.2, 0.25) is 0 Å². The van der Waals surface area contributed by atoms with Crippen molar-refractivity contribution in [2.45, 2.75) is 40.0 Å². The maximum atomic E-state index is 11.8. The Hall–Kier alpha value is -0.920. The van der Waals surface area contributed by atoms with Crippen LogP contribution in [0, 0.1) is 17.3 Å². The van der Waals surface area contributed by atoms with E-state index >= 15 is 0 Å². The lowest BCUT2D eigenvalue weighted by Gasteiger charge is -2.31. The second-order valence-electron chi connectivity index (χ2n) is 5.73. The molecule has 2 heteroatoms. The zero-order valence-electron chi connectivity index (χ0n) is 9.67. The monoisotopic (exact) mass is 206 g/mol. The number of rotatable bonds is 2. The van der Waals surface area contributed by atoms with E-state index in [1.807, 2.05) is 6.92 Å². The van der Waals surface area contributed by atoms with Crippen molar-refractivity contribution >= 4 is 12.1 Å². The second kappa shape index (κ2) is 3.29. The molecule has 2 aliphatic carbocycles. The van der Waals surface area contributed by atoms with E-state index in [9.17, 15) is 9.59 Å². The van der Waals surface area contributed by atoms with E-state index in [-0.39, 0.29) is 17.1 Å². The van der Waals surface area contributed by atoms with Crippen molar-refractivity contribution in [3.8, 4) is 0 Å². The maximum Gasteiger partial charge on any atom is 0.159 e. The molecule has 0 aromatic heterocycles. The molecule has 0 bridgehead atoms. The molecule has 1 saturated carbocycles. The van der Waals surface area contributed by atoms with Crippen LogP contribution in [-0.2, 0) is 9.59 Å². The fraction of sp³-hybridized carbons (Fsp3) is 0.692. The Kier molecular flexibility index (Phi) is 2.32. The summed E-state index contributed by atoms with van der Waals surface area (Å²) in [7, 11) is 0. The number of carbonyl (C=O) groups excluding carboxylic acids is 2. The molecule has 0 N–H and O–H groups in total. The summed E-state index contributed by atoms with van der Waals surface area (Å²) in [6.45, 7) is 6.19. The van der Waals surface area contributed by atoms with Gasteiger partial charge in [-0.25, -0.2) is 0 Å². The van der Waals surface area contributed by atoms with Gasteiger partial charge in [0.15, 0.2) is 5.78 Å². The average Bonchev–Trinajstić information content (AvgIpc) is 2.89. The topological polar surface area (TPSA) is 34.1 Å². The van der Waals surface area contributed by atoms with E-state index in [4.69, 9.17) is 0 Å². The third-order valence-corrected chi connectivity index (χ3v) is 3.67. The summed E-state index contributed by atoms with van der Waals surface area (Å²) in [5.74, 6) is 0.848. The van der Waals surface area contributed by atoms with Crippen LogP contribution in [0.1, 0.15) is 40.0 Å². The van der Waals surface area contributed by atoms with Crippen LogP contribution in [0.25, 0.3) is 0 Å². The molecule has 2 rings (SSSR count). The molecule has 2 nitrogen and oxygen atoms in total. The van der Waals surface area contributed by atoms with Gasteiger partial charge in [-0.3, -0.25) is 4.79 Å². The molecule has 0 aliphatic heterocycles. The predicted octanol–water partition coefficient (Wildman–Crippen LogP) is 2.53. The first-order chi connectivity index (χ1) is 6.94. The van der Waals surface area contributed by atoms with Crippen LogP contribution in [0.15, 0.2) is 11.1 Å². The quantitative estimate of drug-likeness (QED) is 0.651. The van der Waals surface area contributed by atoms with Gasteiger partial charge in [0.25, 0.3) is 0 Å². The molecule has 0 radical (unpaired) electrons. The molecule has 0 spiro atoms.